The largest absolute Gasteiger partial charge is 0.322 e. The Morgan fingerprint density at radius 3 is 2.68 bits per heavy atom. The summed E-state index contributed by atoms with van der Waals surface area (Å²) in [6, 6.07) is 14.6. The van der Waals surface area contributed by atoms with Gasteiger partial charge in [-0.15, -0.1) is 10.2 Å². The zero-order valence-corrected chi connectivity index (χ0v) is 15.4. The first-order chi connectivity index (χ1) is 12.0. The quantitative estimate of drug-likeness (QED) is 0.666. The van der Waals surface area contributed by atoms with E-state index in [0.29, 0.717) is 10.6 Å². The van der Waals surface area contributed by atoms with Gasteiger partial charge in [-0.2, -0.15) is 0 Å². The number of nitrogens with one attached hydrogen (secondary N) is 1. The molecule has 3 rings (SSSR count). The van der Waals surface area contributed by atoms with Crippen molar-refractivity contribution in [3.8, 4) is 0 Å². The number of benzene rings is 2. The van der Waals surface area contributed by atoms with E-state index in [-0.39, 0.29) is 11.2 Å². The molecule has 0 aliphatic rings. The molecule has 0 saturated heterocycles. The van der Waals surface area contributed by atoms with Crippen molar-refractivity contribution in [1.29, 1.82) is 0 Å². The van der Waals surface area contributed by atoms with Gasteiger partial charge in [0.25, 0.3) is 5.91 Å². The average molecular weight is 373 g/mol. The van der Waals surface area contributed by atoms with Crippen molar-refractivity contribution in [1.82, 2.24) is 14.8 Å². The van der Waals surface area contributed by atoms with Crippen LogP contribution in [0.3, 0.4) is 0 Å². The zero-order valence-electron chi connectivity index (χ0n) is 13.8. The molecule has 3 aromatic rings. The molecule has 7 heteroatoms. The fourth-order valence-electron chi connectivity index (χ4n) is 2.28. The first-order valence-electron chi connectivity index (χ1n) is 7.70. The molecule has 0 aliphatic carbocycles. The van der Waals surface area contributed by atoms with Crippen LogP contribution in [0.2, 0.25) is 5.02 Å². The molecule has 0 saturated carbocycles. The number of amides is 1. The van der Waals surface area contributed by atoms with Gasteiger partial charge in [0.15, 0.2) is 5.16 Å². The van der Waals surface area contributed by atoms with Crippen molar-refractivity contribution in [2.45, 2.75) is 17.3 Å². The van der Waals surface area contributed by atoms with Crippen molar-refractivity contribution in [2.75, 3.05) is 5.32 Å². The van der Waals surface area contributed by atoms with Crippen LogP contribution in [0.4, 0.5) is 5.69 Å². The highest BCUT2D eigenvalue weighted by Crippen LogP contribution is 2.34. The van der Waals surface area contributed by atoms with Gasteiger partial charge in [-0.05, 0) is 48.9 Å². The molecule has 1 unspecified atom stereocenters. The second-order valence-electron chi connectivity index (χ2n) is 5.57. The topological polar surface area (TPSA) is 59.8 Å². The van der Waals surface area contributed by atoms with E-state index < -0.39 is 0 Å². The highest BCUT2D eigenvalue weighted by atomic mass is 35.5. The second kappa shape index (κ2) is 7.72. The zero-order chi connectivity index (χ0) is 17.8. The summed E-state index contributed by atoms with van der Waals surface area (Å²) in [5, 5.41) is 12.5. The molecule has 0 bridgehead atoms. The van der Waals surface area contributed by atoms with Gasteiger partial charge in [0.2, 0.25) is 0 Å². The molecule has 1 atom stereocenters. The van der Waals surface area contributed by atoms with Gasteiger partial charge in [0.1, 0.15) is 6.33 Å². The number of carbonyl (C=O) groups is 1. The van der Waals surface area contributed by atoms with Gasteiger partial charge in [-0.25, -0.2) is 0 Å². The summed E-state index contributed by atoms with van der Waals surface area (Å²) in [7, 11) is 1.91. The Labute approximate surface area is 155 Å². The Hall–Kier alpha value is -2.31. The summed E-state index contributed by atoms with van der Waals surface area (Å²) in [5.74, 6) is -0.164. The summed E-state index contributed by atoms with van der Waals surface area (Å²) in [4.78, 5) is 12.3. The van der Waals surface area contributed by atoms with Crippen LogP contribution in [-0.4, -0.2) is 20.7 Å². The number of anilines is 1. The monoisotopic (exact) mass is 372 g/mol. The molecular weight excluding hydrogens is 356 g/mol. The highest BCUT2D eigenvalue weighted by Gasteiger charge is 2.13. The smallest absolute Gasteiger partial charge is 0.255 e. The maximum absolute atomic E-state index is 12.3. The lowest BCUT2D eigenvalue weighted by Gasteiger charge is -2.13. The minimum atomic E-state index is -0.164. The minimum absolute atomic E-state index is 0.164. The first kappa shape index (κ1) is 17.5. The molecular formula is C18H17ClN4OS. The molecule has 5 nitrogen and oxygen atoms in total. The van der Waals surface area contributed by atoms with Crippen molar-refractivity contribution in [3.05, 3.63) is 71.0 Å². The number of thioether (sulfide) groups is 1. The lowest BCUT2D eigenvalue weighted by Crippen LogP contribution is -2.11. The fourth-order valence-corrected chi connectivity index (χ4v) is 3.31. The summed E-state index contributed by atoms with van der Waals surface area (Å²) in [6.45, 7) is 2.10. The SMILES string of the molecule is CC(Sc1nncn1C)c1cccc(NC(=O)c2ccc(Cl)cc2)c1. The summed E-state index contributed by atoms with van der Waals surface area (Å²) in [6.07, 6.45) is 1.68. The first-order valence-corrected chi connectivity index (χ1v) is 8.96. The highest BCUT2D eigenvalue weighted by molar-refractivity contribution is 7.99. The number of aromatic nitrogens is 3. The van der Waals surface area contributed by atoms with E-state index in [1.807, 2.05) is 35.9 Å². The lowest BCUT2D eigenvalue weighted by atomic mass is 10.1. The average Bonchev–Trinajstić information content (AvgIpc) is 3.00. The van der Waals surface area contributed by atoms with Gasteiger partial charge in [0.05, 0.1) is 0 Å². The van der Waals surface area contributed by atoms with Crippen LogP contribution in [0.15, 0.2) is 60.0 Å². The number of hydrogen-bond donors (Lipinski definition) is 1. The fraction of sp³-hybridized carbons (Fsp3) is 0.167. The minimum Gasteiger partial charge on any atom is -0.322 e. The van der Waals surface area contributed by atoms with Gasteiger partial charge >= 0.3 is 0 Å². The number of aryl methyl sites for hydroxylation is 1. The van der Waals surface area contributed by atoms with Crippen LogP contribution in [-0.2, 0) is 7.05 Å². The predicted molar refractivity (Wildman–Crippen MR) is 101 cm³/mol. The third-order valence-electron chi connectivity index (χ3n) is 3.67. The van der Waals surface area contributed by atoms with Gasteiger partial charge in [0, 0.05) is 28.6 Å². The van der Waals surface area contributed by atoms with Crippen LogP contribution in [0, 0.1) is 0 Å². The number of hydrogen-bond acceptors (Lipinski definition) is 4. The van der Waals surface area contributed by atoms with Crippen molar-refractivity contribution >= 4 is 35.0 Å². The van der Waals surface area contributed by atoms with Crippen LogP contribution in [0.1, 0.15) is 28.1 Å². The van der Waals surface area contributed by atoms with Crippen LogP contribution in [0.5, 0.6) is 0 Å². The summed E-state index contributed by atoms with van der Waals surface area (Å²) in [5.41, 5.74) is 2.42. The van der Waals surface area contributed by atoms with E-state index in [4.69, 9.17) is 11.6 Å². The van der Waals surface area contributed by atoms with Crippen LogP contribution >= 0.6 is 23.4 Å². The molecule has 2 aromatic carbocycles. The molecule has 0 fully saturated rings. The van der Waals surface area contributed by atoms with Gasteiger partial charge < -0.3 is 9.88 Å². The number of halogens is 1. The van der Waals surface area contributed by atoms with Crippen LogP contribution in [0.25, 0.3) is 0 Å². The van der Waals surface area contributed by atoms with Gasteiger partial charge in [-0.3, -0.25) is 4.79 Å². The molecule has 1 N–H and O–H groups in total. The van der Waals surface area contributed by atoms with Crippen molar-refractivity contribution in [2.24, 2.45) is 7.05 Å². The van der Waals surface area contributed by atoms with E-state index >= 15 is 0 Å². The molecule has 0 radical (unpaired) electrons. The third-order valence-corrected chi connectivity index (χ3v) is 5.13. The van der Waals surface area contributed by atoms with E-state index in [0.717, 1.165) is 16.4 Å². The number of rotatable bonds is 5. The second-order valence-corrected chi connectivity index (χ2v) is 7.32. The van der Waals surface area contributed by atoms with E-state index in [9.17, 15) is 4.79 Å². The molecule has 128 valence electrons. The lowest BCUT2D eigenvalue weighted by molar-refractivity contribution is 0.102. The van der Waals surface area contributed by atoms with Gasteiger partial charge in [-0.1, -0.05) is 35.5 Å². The summed E-state index contributed by atoms with van der Waals surface area (Å²) < 4.78 is 1.88. The maximum Gasteiger partial charge on any atom is 0.255 e. The third kappa shape index (κ3) is 4.41. The Kier molecular flexibility index (Phi) is 5.40. The Morgan fingerprint density at radius 1 is 1.24 bits per heavy atom. The molecule has 0 aliphatic heterocycles. The normalized spacial score (nSPS) is 12.0. The predicted octanol–water partition coefficient (Wildman–Crippen LogP) is 4.57. The molecule has 1 amide bonds. The van der Waals surface area contributed by atoms with Crippen LogP contribution < -0.4 is 5.32 Å². The van der Waals surface area contributed by atoms with Crippen molar-refractivity contribution in [3.63, 3.8) is 0 Å². The molecule has 1 aromatic heterocycles. The Bertz CT molecular complexity index is 879. The molecule has 0 spiro atoms. The van der Waals surface area contributed by atoms with Crippen molar-refractivity contribution < 1.29 is 4.79 Å². The van der Waals surface area contributed by atoms with E-state index in [1.165, 1.54) is 0 Å². The number of nitrogens with zero attached hydrogens (tertiary/aromatic N) is 3. The number of carbonyl (C=O) groups excluding carboxylic acids is 1. The maximum atomic E-state index is 12.3. The van der Waals surface area contributed by atoms with E-state index in [2.05, 4.69) is 22.4 Å². The Balaban J connectivity index is 1.71. The summed E-state index contributed by atoms with van der Waals surface area (Å²) >= 11 is 7.47. The molecule has 1 heterocycles. The Morgan fingerprint density at radius 2 is 2.00 bits per heavy atom. The molecule has 25 heavy (non-hydrogen) atoms. The standard InChI is InChI=1S/C18H17ClN4OS/c1-12(25-18-22-20-11-23(18)2)14-4-3-5-16(10-14)21-17(24)13-6-8-15(19)9-7-13/h3-12H,1-2H3,(H,21,24). The van der Waals surface area contributed by atoms with E-state index in [1.54, 1.807) is 42.4 Å².